The van der Waals surface area contributed by atoms with Crippen LogP contribution in [0.15, 0.2) is 114 Å². The predicted molar refractivity (Wildman–Crippen MR) is 211 cm³/mol. The second-order valence-electron chi connectivity index (χ2n) is 14.5. The summed E-state index contributed by atoms with van der Waals surface area (Å²) in [6.45, 7) is 6.97. The fraction of sp³-hybridized carbons (Fsp3) is 0.182. The van der Waals surface area contributed by atoms with Crippen molar-refractivity contribution in [1.82, 2.24) is 0 Å². The molecule has 1 aromatic heterocycles. The van der Waals surface area contributed by atoms with Gasteiger partial charge in [-0.3, -0.25) is 0 Å². The molecule has 0 unspecified atom stereocenters. The number of furan rings is 1. The van der Waals surface area contributed by atoms with E-state index in [0.29, 0.717) is 0 Å². The Balaban J connectivity index is 1.15. The Morgan fingerprint density at radius 3 is 1.86 bits per heavy atom. The summed E-state index contributed by atoms with van der Waals surface area (Å²) >= 11 is 0. The second-order valence-corrected chi connectivity index (χ2v) is 14.5. The van der Waals surface area contributed by atoms with Gasteiger partial charge in [0.1, 0.15) is 5.58 Å². The second kappa shape index (κ2) is 10.2. The Kier molecular flexibility index (Phi) is 5.77. The van der Waals surface area contributed by atoms with Crippen LogP contribution in [0, 0.1) is 0 Å². The van der Waals surface area contributed by atoms with Gasteiger partial charge in [-0.05, 0) is 98.7 Å². The first kappa shape index (κ1) is 27.8. The Bertz CT molecular complexity index is 2530. The summed E-state index contributed by atoms with van der Waals surface area (Å²) in [5.74, 6) is 1.03. The van der Waals surface area contributed by atoms with Crippen LogP contribution in [0.5, 0.6) is 0 Å². The van der Waals surface area contributed by atoms with Gasteiger partial charge in [0.2, 0.25) is 6.71 Å². The average molecular weight is 630 g/mol. The molecule has 5 heteroatoms. The van der Waals surface area contributed by atoms with Crippen molar-refractivity contribution in [3.8, 4) is 22.3 Å². The van der Waals surface area contributed by atoms with Gasteiger partial charge in [-0.25, -0.2) is 0 Å². The maximum atomic E-state index is 6.75. The van der Waals surface area contributed by atoms with Crippen molar-refractivity contribution in [2.24, 2.45) is 0 Å². The molecule has 0 bridgehead atoms. The summed E-state index contributed by atoms with van der Waals surface area (Å²) in [6.07, 6.45) is 4.63. The Hall–Kier alpha value is -5.15. The molecule has 234 valence electrons. The van der Waals surface area contributed by atoms with Crippen LogP contribution in [-0.4, -0.2) is 26.5 Å². The summed E-state index contributed by atoms with van der Waals surface area (Å²) in [6, 6.07) is 41.7. The minimum Gasteiger partial charge on any atom is -0.441 e. The number of hydrogen-bond donors (Lipinski definition) is 0. The lowest BCUT2D eigenvalue weighted by Gasteiger charge is -2.35. The largest absolute Gasteiger partial charge is 0.441 e. The molecular weight excluding hydrogens is 594 g/mol. The fourth-order valence-corrected chi connectivity index (χ4v) is 9.76. The minimum atomic E-state index is 0.154. The van der Waals surface area contributed by atoms with Crippen LogP contribution < -0.4 is 42.6 Å². The van der Waals surface area contributed by atoms with Gasteiger partial charge in [0.05, 0.1) is 0 Å². The highest BCUT2D eigenvalue weighted by molar-refractivity contribution is 7.03. The summed E-state index contributed by atoms with van der Waals surface area (Å²) in [7, 11) is 0. The number of hydrogen-bond acceptors (Lipinski definition) is 3. The lowest BCUT2D eigenvalue weighted by Crippen LogP contribution is -2.55. The molecule has 0 saturated heterocycles. The highest BCUT2D eigenvalue weighted by atomic mass is 16.4. The minimum absolute atomic E-state index is 0.154. The number of unbranched alkanes of at least 4 members (excludes halogenated alkanes) is 2. The molecule has 0 atom stereocenters. The molecule has 3 nitrogen and oxygen atoms in total. The molecule has 4 aliphatic rings. The number of benzene rings is 6. The molecule has 11 rings (SSSR count). The molecule has 6 aromatic carbocycles. The van der Waals surface area contributed by atoms with E-state index in [9.17, 15) is 0 Å². The van der Waals surface area contributed by atoms with Gasteiger partial charge < -0.3 is 14.2 Å². The average Bonchev–Trinajstić information content (AvgIpc) is 3.78. The molecule has 0 fully saturated rings. The maximum absolute atomic E-state index is 6.75. The van der Waals surface area contributed by atoms with Crippen LogP contribution in [0.2, 0.25) is 0 Å². The molecule has 0 radical (unpaired) electrons. The van der Waals surface area contributed by atoms with Gasteiger partial charge in [0, 0.05) is 41.0 Å². The van der Waals surface area contributed by atoms with Crippen molar-refractivity contribution in [2.75, 3.05) is 22.9 Å². The Morgan fingerprint density at radius 1 is 0.510 bits per heavy atom. The van der Waals surface area contributed by atoms with Crippen molar-refractivity contribution in [2.45, 2.75) is 39.5 Å². The summed E-state index contributed by atoms with van der Waals surface area (Å²) in [5, 5.41) is 3.89. The first-order valence-electron chi connectivity index (χ1n) is 18.3. The summed E-state index contributed by atoms with van der Waals surface area (Å²) in [5.41, 5.74) is 19.1. The molecule has 0 aliphatic carbocycles. The zero-order valence-corrected chi connectivity index (χ0v) is 28.1. The number of para-hydroxylation sites is 2. The van der Waals surface area contributed by atoms with E-state index in [1.54, 1.807) is 0 Å². The SMILES string of the molecule is CCCCN1c2ccccc2B2c3cc4cc5c(cc4cc3-c3cccc1c32)-c1cccc2c1B5c1c(oc3ccccc13)N2CCCC. The smallest absolute Gasteiger partial charge is 0.253 e. The van der Waals surface area contributed by atoms with E-state index in [2.05, 4.69) is 133 Å². The Labute approximate surface area is 288 Å². The molecule has 7 aromatic rings. The van der Waals surface area contributed by atoms with Crippen LogP contribution in [-0.2, 0) is 0 Å². The van der Waals surface area contributed by atoms with Gasteiger partial charge in [-0.2, -0.15) is 0 Å². The first-order chi connectivity index (χ1) is 24.2. The van der Waals surface area contributed by atoms with Crippen LogP contribution in [0.1, 0.15) is 39.5 Å². The molecule has 49 heavy (non-hydrogen) atoms. The molecule has 4 aliphatic heterocycles. The zero-order valence-electron chi connectivity index (χ0n) is 28.1. The van der Waals surface area contributed by atoms with Crippen molar-refractivity contribution in [1.29, 1.82) is 0 Å². The fourth-order valence-electron chi connectivity index (χ4n) is 9.76. The number of fused-ring (bicyclic) bond motifs is 13. The highest BCUT2D eigenvalue weighted by Crippen LogP contribution is 2.41. The third kappa shape index (κ3) is 3.60. The molecule has 0 N–H and O–H groups in total. The normalized spacial score (nSPS) is 14.2. The quantitative estimate of drug-likeness (QED) is 0.183. The van der Waals surface area contributed by atoms with Crippen LogP contribution in [0.25, 0.3) is 44.0 Å². The molecular formula is C44H36B2N2O. The third-order valence-corrected chi connectivity index (χ3v) is 11.9. The van der Waals surface area contributed by atoms with Crippen molar-refractivity contribution in [3.05, 3.63) is 109 Å². The Morgan fingerprint density at radius 2 is 1.10 bits per heavy atom. The number of nitrogens with zero attached hydrogens (tertiary/aromatic N) is 2. The highest BCUT2D eigenvalue weighted by Gasteiger charge is 2.46. The van der Waals surface area contributed by atoms with Gasteiger partial charge >= 0.3 is 0 Å². The standard InChI is InChI=1S/C44H36B2N2O/c1-3-5-21-47-37-17-9-8-16-34(37)45-35-25-28-26-36-33(24-27(28)23-32(35)29-14-11-18-38(47)41(29)45)30-15-12-19-39-42(30)46(36)43-31-13-7-10-20-40(31)49-44(43)48(39)22-6-4-2/h7-20,23-26H,3-6,21-22H2,1-2H3. The molecule has 0 amide bonds. The van der Waals surface area contributed by atoms with Crippen molar-refractivity contribution < 1.29 is 4.42 Å². The van der Waals surface area contributed by atoms with E-state index in [4.69, 9.17) is 4.42 Å². The lowest BCUT2D eigenvalue weighted by atomic mass is 9.36. The van der Waals surface area contributed by atoms with E-state index in [1.807, 2.05) is 0 Å². The van der Waals surface area contributed by atoms with E-state index < -0.39 is 0 Å². The molecule has 0 saturated carbocycles. The predicted octanol–water partition coefficient (Wildman–Crippen LogP) is 7.08. The maximum Gasteiger partial charge on any atom is 0.253 e. The van der Waals surface area contributed by atoms with E-state index in [1.165, 1.54) is 101 Å². The lowest BCUT2D eigenvalue weighted by molar-refractivity contribution is 0.601. The van der Waals surface area contributed by atoms with E-state index in [0.717, 1.165) is 37.4 Å². The third-order valence-electron chi connectivity index (χ3n) is 11.9. The number of rotatable bonds is 6. The summed E-state index contributed by atoms with van der Waals surface area (Å²) < 4.78 is 6.75. The van der Waals surface area contributed by atoms with Crippen LogP contribution in [0.4, 0.5) is 22.9 Å². The van der Waals surface area contributed by atoms with Gasteiger partial charge in [-0.1, -0.05) is 110 Å². The topological polar surface area (TPSA) is 19.6 Å². The summed E-state index contributed by atoms with van der Waals surface area (Å²) in [4.78, 5) is 5.05. The monoisotopic (exact) mass is 630 g/mol. The van der Waals surface area contributed by atoms with E-state index >= 15 is 0 Å². The first-order valence-corrected chi connectivity index (χ1v) is 18.3. The molecule has 5 heterocycles. The molecule has 0 spiro atoms. The van der Waals surface area contributed by atoms with Crippen molar-refractivity contribution >= 4 is 90.9 Å². The van der Waals surface area contributed by atoms with Crippen molar-refractivity contribution in [3.63, 3.8) is 0 Å². The van der Waals surface area contributed by atoms with Gasteiger partial charge in [0.25, 0.3) is 6.71 Å². The number of anilines is 4. The van der Waals surface area contributed by atoms with Gasteiger partial charge in [0.15, 0.2) is 5.88 Å². The van der Waals surface area contributed by atoms with Crippen LogP contribution in [0.3, 0.4) is 0 Å². The zero-order chi connectivity index (χ0) is 32.4. The van der Waals surface area contributed by atoms with Crippen LogP contribution >= 0.6 is 0 Å². The van der Waals surface area contributed by atoms with E-state index in [-0.39, 0.29) is 13.4 Å². The van der Waals surface area contributed by atoms with Gasteiger partial charge in [-0.15, -0.1) is 0 Å².